The van der Waals surface area contributed by atoms with Gasteiger partial charge in [-0.15, -0.1) is 0 Å². The number of imidazole rings is 1. The minimum absolute atomic E-state index is 0.0979. The number of carbonyl (C=O) groups is 1. The number of aromatic nitrogens is 2. The van der Waals surface area contributed by atoms with E-state index in [0.717, 1.165) is 49.4 Å². The van der Waals surface area contributed by atoms with Crippen LogP contribution in [0.4, 0.5) is 0 Å². The molecule has 0 unspecified atom stereocenters. The molecular formula is C30H38N4O4. The molecule has 0 saturated carbocycles. The van der Waals surface area contributed by atoms with Crippen LogP contribution in [-0.2, 0) is 30.6 Å². The summed E-state index contributed by atoms with van der Waals surface area (Å²) in [5.74, 6) is 2.61. The lowest BCUT2D eigenvalue weighted by Gasteiger charge is -2.37. The number of piperidine rings is 1. The van der Waals surface area contributed by atoms with Gasteiger partial charge in [0.2, 0.25) is 5.91 Å². The van der Waals surface area contributed by atoms with E-state index in [2.05, 4.69) is 44.5 Å². The summed E-state index contributed by atoms with van der Waals surface area (Å²) in [6.45, 7) is 3.49. The summed E-state index contributed by atoms with van der Waals surface area (Å²) in [6, 6.07) is 12.5. The first-order valence-electron chi connectivity index (χ1n) is 13.5. The normalized spacial score (nSPS) is 19.1. The molecule has 1 amide bonds. The van der Waals surface area contributed by atoms with Crippen molar-refractivity contribution in [2.24, 2.45) is 11.8 Å². The average Bonchev–Trinajstić information content (AvgIpc) is 3.63. The smallest absolute Gasteiger partial charge is 0.224 e. The summed E-state index contributed by atoms with van der Waals surface area (Å²) in [5, 5.41) is 3.14. The standard InChI is InChI=1S/C30H38N4O4/c1-36-28-9-6-21(13-29(28)37-2)16-34-17-22(19-38-27-8-7-23-4-3-5-24(23)14-27)12-25(18-34)30(35)32-11-10-26-15-31-20-33-26/h6-9,13-15,20,22,25H,3-5,10-12,16-19H2,1-2H3,(H,31,33)(H,32,35)/t22-,25+/m0/s1. The van der Waals surface area contributed by atoms with Gasteiger partial charge in [0, 0.05) is 50.4 Å². The summed E-state index contributed by atoms with van der Waals surface area (Å²) >= 11 is 0. The molecule has 202 valence electrons. The Hall–Kier alpha value is -3.52. The SMILES string of the molecule is COc1ccc(CN2C[C@@H](COc3ccc4c(c3)CCC4)C[C@@H](C(=O)NCCc3cnc[nH]3)C2)cc1OC. The predicted molar refractivity (Wildman–Crippen MR) is 146 cm³/mol. The van der Waals surface area contributed by atoms with Gasteiger partial charge in [0.15, 0.2) is 11.5 Å². The number of amides is 1. The van der Waals surface area contributed by atoms with E-state index < -0.39 is 0 Å². The summed E-state index contributed by atoms with van der Waals surface area (Å²) in [6.07, 6.45) is 8.53. The van der Waals surface area contributed by atoms with E-state index in [9.17, 15) is 4.79 Å². The molecule has 1 aliphatic carbocycles. The second-order valence-corrected chi connectivity index (χ2v) is 10.4. The number of carbonyl (C=O) groups excluding carboxylic acids is 1. The number of fused-ring (bicyclic) bond motifs is 1. The monoisotopic (exact) mass is 518 g/mol. The van der Waals surface area contributed by atoms with Crippen molar-refractivity contribution in [2.75, 3.05) is 40.5 Å². The van der Waals surface area contributed by atoms with Crippen molar-refractivity contribution < 1.29 is 19.0 Å². The van der Waals surface area contributed by atoms with Gasteiger partial charge in [0.05, 0.1) is 33.1 Å². The molecule has 1 aliphatic heterocycles. The van der Waals surface area contributed by atoms with Crippen molar-refractivity contribution in [3.05, 3.63) is 71.3 Å². The van der Waals surface area contributed by atoms with E-state index >= 15 is 0 Å². The number of likely N-dealkylation sites (tertiary alicyclic amines) is 1. The molecule has 2 atom stereocenters. The molecule has 2 heterocycles. The van der Waals surface area contributed by atoms with Crippen LogP contribution < -0.4 is 19.5 Å². The van der Waals surface area contributed by atoms with Crippen molar-refractivity contribution >= 4 is 5.91 Å². The Balaban J connectivity index is 1.24. The van der Waals surface area contributed by atoms with Crippen molar-refractivity contribution in [1.82, 2.24) is 20.2 Å². The molecule has 5 rings (SSSR count). The number of rotatable bonds is 11. The Bertz CT molecular complexity index is 1210. The van der Waals surface area contributed by atoms with E-state index in [1.54, 1.807) is 26.7 Å². The fraction of sp³-hybridized carbons (Fsp3) is 0.467. The van der Waals surface area contributed by atoms with E-state index in [-0.39, 0.29) is 17.7 Å². The van der Waals surface area contributed by atoms with Crippen LogP contribution in [0.5, 0.6) is 17.2 Å². The number of benzene rings is 2. The van der Waals surface area contributed by atoms with Crippen LogP contribution in [0.3, 0.4) is 0 Å². The average molecular weight is 519 g/mol. The van der Waals surface area contributed by atoms with Crippen molar-refractivity contribution in [3.63, 3.8) is 0 Å². The summed E-state index contributed by atoms with van der Waals surface area (Å²) in [7, 11) is 3.29. The third-order valence-electron chi connectivity index (χ3n) is 7.64. The van der Waals surface area contributed by atoms with Crippen molar-refractivity contribution in [1.29, 1.82) is 0 Å². The Labute approximate surface area is 224 Å². The van der Waals surface area contributed by atoms with Gasteiger partial charge in [-0.05, 0) is 66.6 Å². The molecule has 0 spiro atoms. The minimum Gasteiger partial charge on any atom is -0.493 e. The van der Waals surface area contributed by atoms with Gasteiger partial charge in [-0.2, -0.15) is 0 Å². The first-order valence-corrected chi connectivity index (χ1v) is 13.5. The van der Waals surface area contributed by atoms with Gasteiger partial charge >= 0.3 is 0 Å². The number of nitrogens with zero attached hydrogens (tertiary/aromatic N) is 2. The fourth-order valence-electron chi connectivity index (χ4n) is 5.72. The number of aromatic amines is 1. The predicted octanol–water partition coefficient (Wildman–Crippen LogP) is 3.79. The van der Waals surface area contributed by atoms with Crippen LogP contribution in [0.1, 0.15) is 35.2 Å². The number of H-pyrrole nitrogens is 1. The van der Waals surface area contributed by atoms with Crippen LogP contribution in [0.2, 0.25) is 0 Å². The molecule has 2 N–H and O–H groups in total. The molecule has 1 aromatic heterocycles. The minimum atomic E-state index is -0.0979. The first-order chi connectivity index (χ1) is 18.6. The Morgan fingerprint density at radius 1 is 1.08 bits per heavy atom. The molecule has 8 nitrogen and oxygen atoms in total. The highest BCUT2D eigenvalue weighted by Crippen LogP contribution is 2.31. The lowest BCUT2D eigenvalue weighted by atomic mass is 9.88. The molecule has 3 aromatic rings. The van der Waals surface area contributed by atoms with Crippen LogP contribution in [0, 0.1) is 11.8 Å². The maximum absolute atomic E-state index is 13.2. The highest BCUT2D eigenvalue weighted by Gasteiger charge is 2.32. The molecule has 2 aromatic carbocycles. The summed E-state index contributed by atoms with van der Waals surface area (Å²) in [5.41, 5.74) is 5.00. The quantitative estimate of drug-likeness (QED) is 0.402. The van der Waals surface area contributed by atoms with Gasteiger partial charge < -0.3 is 24.5 Å². The Morgan fingerprint density at radius 2 is 1.95 bits per heavy atom. The van der Waals surface area contributed by atoms with Crippen LogP contribution in [-0.4, -0.2) is 61.2 Å². The van der Waals surface area contributed by atoms with E-state index in [1.165, 1.54) is 24.0 Å². The second kappa shape index (κ2) is 12.3. The van der Waals surface area contributed by atoms with E-state index in [4.69, 9.17) is 14.2 Å². The van der Waals surface area contributed by atoms with Gasteiger partial charge in [-0.25, -0.2) is 4.98 Å². The highest BCUT2D eigenvalue weighted by atomic mass is 16.5. The van der Waals surface area contributed by atoms with Crippen LogP contribution >= 0.6 is 0 Å². The van der Waals surface area contributed by atoms with Crippen molar-refractivity contribution in [2.45, 2.75) is 38.6 Å². The lowest BCUT2D eigenvalue weighted by molar-refractivity contribution is -0.127. The maximum Gasteiger partial charge on any atom is 0.224 e. The van der Waals surface area contributed by atoms with E-state index in [0.29, 0.717) is 31.2 Å². The summed E-state index contributed by atoms with van der Waals surface area (Å²) < 4.78 is 17.2. The molecule has 0 bridgehead atoms. The molecule has 8 heteroatoms. The van der Waals surface area contributed by atoms with Gasteiger partial charge in [0.25, 0.3) is 0 Å². The fourth-order valence-corrected chi connectivity index (χ4v) is 5.72. The van der Waals surface area contributed by atoms with Gasteiger partial charge in [-0.1, -0.05) is 12.1 Å². The zero-order chi connectivity index (χ0) is 26.3. The van der Waals surface area contributed by atoms with Gasteiger partial charge in [0.1, 0.15) is 5.75 Å². The topological polar surface area (TPSA) is 88.7 Å². The zero-order valence-electron chi connectivity index (χ0n) is 22.4. The molecular weight excluding hydrogens is 480 g/mol. The lowest BCUT2D eigenvalue weighted by Crippen LogP contribution is -2.47. The van der Waals surface area contributed by atoms with Crippen molar-refractivity contribution in [3.8, 4) is 17.2 Å². The third-order valence-corrected chi connectivity index (χ3v) is 7.64. The number of ether oxygens (including phenoxy) is 3. The maximum atomic E-state index is 13.2. The molecule has 38 heavy (non-hydrogen) atoms. The molecule has 1 saturated heterocycles. The first kappa shape index (κ1) is 26.1. The van der Waals surface area contributed by atoms with E-state index in [1.807, 2.05) is 12.1 Å². The zero-order valence-corrected chi connectivity index (χ0v) is 22.4. The van der Waals surface area contributed by atoms with Gasteiger partial charge in [-0.3, -0.25) is 9.69 Å². The molecule has 1 fully saturated rings. The van der Waals surface area contributed by atoms with Crippen LogP contribution in [0.25, 0.3) is 0 Å². The number of nitrogens with one attached hydrogen (secondary N) is 2. The Morgan fingerprint density at radius 3 is 2.76 bits per heavy atom. The highest BCUT2D eigenvalue weighted by molar-refractivity contribution is 5.79. The van der Waals surface area contributed by atoms with Crippen LogP contribution in [0.15, 0.2) is 48.9 Å². The third kappa shape index (κ3) is 6.48. The number of hydrogen-bond acceptors (Lipinski definition) is 6. The summed E-state index contributed by atoms with van der Waals surface area (Å²) in [4.78, 5) is 22.7. The Kier molecular flexibility index (Phi) is 8.48. The number of hydrogen-bond donors (Lipinski definition) is 2. The largest absolute Gasteiger partial charge is 0.493 e. The molecule has 2 aliphatic rings. The second-order valence-electron chi connectivity index (χ2n) is 10.4. The number of aryl methyl sites for hydroxylation is 2. The number of methoxy groups -OCH3 is 2. The molecule has 0 radical (unpaired) electrons.